The van der Waals surface area contributed by atoms with E-state index in [4.69, 9.17) is 0 Å². The molecule has 0 spiro atoms. The normalized spacial score (nSPS) is 17.0. The number of hydrogen-bond donors (Lipinski definition) is 1. The monoisotopic (exact) mass is 178 g/mol. The lowest BCUT2D eigenvalue weighted by Gasteiger charge is -2.26. The second-order valence-electron chi connectivity index (χ2n) is 3.55. The predicted octanol–water partition coefficient (Wildman–Crippen LogP) is 2.27. The molecular formula is C11H13FN. The highest BCUT2D eigenvalue weighted by molar-refractivity contribution is 5.15. The lowest BCUT2D eigenvalue weighted by molar-refractivity contribution is 0.338. The van der Waals surface area contributed by atoms with Crippen molar-refractivity contribution in [3.8, 4) is 0 Å². The standard InChI is InChI=1S/C11H13FN/c12-10-4-1-3-9(7-10)8-13-11-5-2-6-11/h1,3,7,11,13H,2,5-6,8H2. The summed E-state index contributed by atoms with van der Waals surface area (Å²) in [6.45, 7) is 0.774. The zero-order chi connectivity index (χ0) is 9.10. The molecule has 1 saturated carbocycles. The summed E-state index contributed by atoms with van der Waals surface area (Å²) in [6, 6.07) is 8.22. The molecule has 1 aliphatic carbocycles. The first-order valence-corrected chi connectivity index (χ1v) is 4.74. The largest absolute Gasteiger partial charge is 0.310 e. The highest BCUT2D eigenvalue weighted by Crippen LogP contribution is 2.18. The quantitative estimate of drug-likeness (QED) is 0.748. The van der Waals surface area contributed by atoms with Crippen LogP contribution in [-0.2, 0) is 6.54 Å². The molecule has 2 heteroatoms. The van der Waals surface area contributed by atoms with Crippen LogP contribution in [0.4, 0.5) is 4.39 Å². The summed E-state index contributed by atoms with van der Waals surface area (Å²) in [5, 5.41) is 3.38. The smallest absolute Gasteiger partial charge is 0.131 e. The molecule has 0 aliphatic heterocycles. The first kappa shape index (κ1) is 8.70. The van der Waals surface area contributed by atoms with Gasteiger partial charge >= 0.3 is 0 Å². The van der Waals surface area contributed by atoms with Crippen molar-refractivity contribution in [2.45, 2.75) is 31.8 Å². The SMILES string of the molecule is Fc1[c]ccc(CNC2CCC2)c1. The van der Waals surface area contributed by atoms with E-state index in [1.165, 1.54) is 25.3 Å². The number of nitrogens with one attached hydrogen (secondary N) is 1. The van der Waals surface area contributed by atoms with Gasteiger partial charge in [-0.2, -0.15) is 0 Å². The van der Waals surface area contributed by atoms with Gasteiger partial charge in [0, 0.05) is 18.7 Å². The van der Waals surface area contributed by atoms with Gasteiger partial charge < -0.3 is 5.32 Å². The Bertz CT molecular complexity index is 281. The summed E-state index contributed by atoms with van der Waals surface area (Å²) in [7, 11) is 0. The molecule has 13 heavy (non-hydrogen) atoms. The van der Waals surface area contributed by atoms with E-state index in [1.54, 1.807) is 6.07 Å². The molecule has 0 heterocycles. The van der Waals surface area contributed by atoms with Crippen molar-refractivity contribution in [3.63, 3.8) is 0 Å². The van der Waals surface area contributed by atoms with Crippen LogP contribution in [0.25, 0.3) is 0 Å². The molecule has 0 atom stereocenters. The second kappa shape index (κ2) is 3.88. The van der Waals surface area contributed by atoms with Crippen molar-refractivity contribution < 1.29 is 4.39 Å². The maximum Gasteiger partial charge on any atom is 0.131 e. The molecule has 2 rings (SSSR count). The fourth-order valence-electron chi connectivity index (χ4n) is 1.47. The minimum absolute atomic E-state index is 0.270. The molecule has 1 N–H and O–H groups in total. The first-order chi connectivity index (χ1) is 6.34. The predicted molar refractivity (Wildman–Crippen MR) is 49.7 cm³/mol. The molecule has 0 aromatic heterocycles. The third kappa shape index (κ3) is 2.28. The summed E-state index contributed by atoms with van der Waals surface area (Å²) >= 11 is 0. The molecule has 1 radical (unpaired) electrons. The Kier molecular flexibility index (Phi) is 2.60. The molecule has 69 valence electrons. The Labute approximate surface area is 78.0 Å². The van der Waals surface area contributed by atoms with Gasteiger partial charge in [0.15, 0.2) is 0 Å². The van der Waals surface area contributed by atoms with Gasteiger partial charge in [0.2, 0.25) is 0 Å². The number of benzene rings is 1. The molecule has 1 aliphatic rings. The Morgan fingerprint density at radius 2 is 2.38 bits per heavy atom. The molecule has 1 nitrogen and oxygen atoms in total. The van der Waals surface area contributed by atoms with Crippen LogP contribution in [0.3, 0.4) is 0 Å². The Morgan fingerprint density at radius 1 is 1.54 bits per heavy atom. The maximum absolute atomic E-state index is 12.7. The molecule has 0 unspecified atom stereocenters. The van der Waals surface area contributed by atoms with E-state index in [0.29, 0.717) is 6.04 Å². The molecule has 1 aromatic rings. The van der Waals surface area contributed by atoms with Crippen LogP contribution in [-0.4, -0.2) is 6.04 Å². The Morgan fingerprint density at radius 3 is 3.00 bits per heavy atom. The van der Waals surface area contributed by atoms with Gasteiger partial charge in [0.1, 0.15) is 5.82 Å². The van der Waals surface area contributed by atoms with E-state index in [9.17, 15) is 4.39 Å². The van der Waals surface area contributed by atoms with Crippen molar-refractivity contribution in [1.82, 2.24) is 5.32 Å². The van der Waals surface area contributed by atoms with E-state index < -0.39 is 0 Å². The third-order valence-electron chi connectivity index (χ3n) is 2.53. The molecule has 0 bridgehead atoms. The van der Waals surface area contributed by atoms with E-state index in [-0.39, 0.29) is 5.82 Å². The van der Waals surface area contributed by atoms with Crippen LogP contribution in [0, 0.1) is 11.9 Å². The van der Waals surface area contributed by atoms with Crippen LogP contribution < -0.4 is 5.32 Å². The number of hydrogen-bond acceptors (Lipinski definition) is 1. The van der Waals surface area contributed by atoms with E-state index in [2.05, 4.69) is 11.4 Å². The van der Waals surface area contributed by atoms with E-state index >= 15 is 0 Å². The fourth-order valence-corrected chi connectivity index (χ4v) is 1.47. The lowest BCUT2D eigenvalue weighted by Crippen LogP contribution is -2.34. The highest BCUT2D eigenvalue weighted by atomic mass is 19.1. The van der Waals surface area contributed by atoms with Crippen LogP contribution in [0.2, 0.25) is 0 Å². The number of halogens is 1. The summed E-state index contributed by atoms with van der Waals surface area (Å²) in [5.74, 6) is -0.270. The average molecular weight is 178 g/mol. The average Bonchev–Trinajstić information content (AvgIpc) is 2.01. The topological polar surface area (TPSA) is 12.0 Å². The minimum atomic E-state index is -0.270. The van der Waals surface area contributed by atoms with Gasteiger partial charge in [-0.15, -0.1) is 0 Å². The Balaban J connectivity index is 1.86. The van der Waals surface area contributed by atoms with Gasteiger partial charge in [-0.05, 0) is 24.5 Å². The van der Waals surface area contributed by atoms with Crippen molar-refractivity contribution in [2.75, 3.05) is 0 Å². The van der Waals surface area contributed by atoms with E-state index in [1.807, 2.05) is 6.07 Å². The van der Waals surface area contributed by atoms with Crippen LogP contribution in [0.15, 0.2) is 18.2 Å². The van der Waals surface area contributed by atoms with Crippen LogP contribution >= 0.6 is 0 Å². The highest BCUT2D eigenvalue weighted by Gasteiger charge is 2.15. The zero-order valence-corrected chi connectivity index (χ0v) is 7.52. The van der Waals surface area contributed by atoms with Gasteiger partial charge in [0.25, 0.3) is 0 Å². The van der Waals surface area contributed by atoms with Crippen molar-refractivity contribution in [2.24, 2.45) is 0 Å². The van der Waals surface area contributed by atoms with Crippen molar-refractivity contribution >= 4 is 0 Å². The molecular weight excluding hydrogens is 165 g/mol. The molecule has 0 amide bonds. The summed E-state index contributed by atoms with van der Waals surface area (Å²) < 4.78 is 12.7. The summed E-state index contributed by atoms with van der Waals surface area (Å²) in [5.41, 5.74) is 1.00. The second-order valence-corrected chi connectivity index (χ2v) is 3.55. The molecule has 1 fully saturated rings. The van der Waals surface area contributed by atoms with E-state index in [0.717, 1.165) is 12.1 Å². The van der Waals surface area contributed by atoms with Gasteiger partial charge in [-0.25, -0.2) is 4.39 Å². The van der Waals surface area contributed by atoms with Crippen LogP contribution in [0.5, 0.6) is 0 Å². The lowest BCUT2D eigenvalue weighted by atomic mass is 9.93. The fraction of sp³-hybridized carbons (Fsp3) is 0.455. The van der Waals surface area contributed by atoms with Gasteiger partial charge in [0.05, 0.1) is 0 Å². The first-order valence-electron chi connectivity index (χ1n) is 4.74. The van der Waals surface area contributed by atoms with Gasteiger partial charge in [-0.1, -0.05) is 18.6 Å². The zero-order valence-electron chi connectivity index (χ0n) is 7.52. The summed E-state index contributed by atoms with van der Waals surface area (Å²) in [6.07, 6.45) is 3.86. The Hall–Kier alpha value is -0.890. The van der Waals surface area contributed by atoms with Gasteiger partial charge in [-0.3, -0.25) is 0 Å². The number of rotatable bonds is 3. The van der Waals surface area contributed by atoms with Crippen molar-refractivity contribution in [3.05, 3.63) is 35.6 Å². The molecule has 1 aromatic carbocycles. The molecule has 0 saturated heterocycles. The van der Waals surface area contributed by atoms with Crippen molar-refractivity contribution in [1.29, 1.82) is 0 Å². The van der Waals surface area contributed by atoms with Crippen LogP contribution in [0.1, 0.15) is 24.8 Å². The minimum Gasteiger partial charge on any atom is -0.310 e. The maximum atomic E-state index is 12.7. The third-order valence-corrected chi connectivity index (χ3v) is 2.53. The summed E-state index contributed by atoms with van der Waals surface area (Å²) in [4.78, 5) is 0.